The standard InChI is InChI=1S/C12H7N3O7S/c16-9(14-12-13-4-8(23-12)15(21)22)6-2-1-5(10(17)18)3-7(6)11(19)20/h1-4H,(H,17,18)(H,19,20)(H,13,14,16). The molecule has 2 rings (SSSR count). The summed E-state index contributed by atoms with van der Waals surface area (Å²) in [6, 6.07) is 2.97. The van der Waals surface area contributed by atoms with E-state index < -0.39 is 28.3 Å². The van der Waals surface area contributed by atoms with Crippen LogP contribution in [-0.4, -0.2) is 38.0 Å². The molecule has 2 aromatic rings. The Kier molecular flexibility index (Phi) is 4.32. The van der Waals surface area contributed by atoms with Crippen LogP contribution < -0.4 is 5.32 Å². The zero-order valence-electron chi connectivity index (χ0n) is 11.0. The Morgan fingerprint density at radius 3 is 2.39 bits per heavy atom. The van der Waals surface area contributed by atoms with Gasteiger partial charge in [0.05, 0.1) is 21.6 Å². The molecule has 0 bridgehead atoms. The maximum Gasteiger partial charge on any atom is 0.345 e. The molecule has 0 aliphatic rings. The molecule has 1 heterocycles. The lowest BCUT2D eigenvalue weighted by atomic mass is 10.0. The number of carbonyl (C=O) groups excluding carboxylic acids is 1. The van der Waals surface area contributed by atoms with E-state index in [9.17, 15) is 24.5 Å². The number of carboxylic acid groups (broad SMARTS) is 2. The van der Waals surface area contributed by atoms with Crippen LogP contribution in [0.5, 0.6) is 0 Å². The van der Waals surface area contributed by atoms with Crippen LogP contribution >= 0.6 is 11.3 Å². The van der Waals surface area contributed by atoms with Gasteiger partial charge in [-0.15, -0.1) is 0 Å². The number of benzene rings is 1. The van der Waals surface area contributed by atoms with Gasteiger partial charge in [0.15, 0.2) is 5.13 Å². The summed E-state index contributed by atoms with van der Waals surface area (Å²) < 4.78 is 0. The van der Waals surface area contributed by atoms with E-state index >= 15 is 0 Å². The van der Waals surface area contributed by atoms with Gasteiger partial charge in [0.1, 0.15) is 6.20 Å². The summed E-state index contributed by atoms with van der Waals surface area (Å²) in [7, 11) is 0. The number of anilines is 1. The fraction of sp³-hybridized carbons (Fsp3) is 0. The van der Waals surface area contributed by atoms with E-state index in [1.54, 1.807) is 0 Å². The maximum atomic E-state index is 12.1. The van der Waals surface area contributed by atoms with Gasteiger partial charge >= 0.3 is 16.9 Å². The van der Waals surface area contributed by atoms with Gasteiger partial charge < -0.3 is 10.2 Å². The van der Waals surface area contributed by atoms with Gasteiger partial charge in [-0.2, -0.15) is 0 Å². The van der Waals surface area contributed by atoms with Crippen LogP contribution in [0.2, 0.25) is 0 Å². The van der Waals surface area contributed by atoms with Crippen molar-refractivity contribution in [1.82, 2.24) is 4.98 Å². The number of rotatable bonds is 5. The van der Waals surface area contributed by atoms with Crippen LogP contribution in [0.1, 0.15) is 31.1 Å². The number of aromatic nitrogens is 1. The van der Waals surface area contributed by atoms with Crippen molar-refractivity contribution in [2.24, 2.45) is 0 Å². The molecule has 3 N–H and O–H groups in total. The first-order chi connectivity index (χ1) is 10.8. The van der Waals surface area contributed by atoms with E-state index in [4.69, 9.17) is 10.2 Å². The summed E-state index contributed by atoms with van der Waals surface area (Å²) in [5.74, 6) is -3.69. The number of thiazole rings is 1. The van der Waals surface area contributed by atoms with Gasteiger partial charge in [-0.05, 0) is 29.5 Å². The Morgan fingerprint density at radius 2 is 1.87 bits per heavy atom. The van der Waals surface area contributed by atoms with E-state index in [0.29, 0.717) is 11.3 Å². The highest BCUT2D eigenvalue weighted by atomic mass is 32.1. The molecule has 0 aliphatic heterocycles. The predicted octanol–water partition coefficient (Wildman–Crippen LogP) is 1.70. The van der Waals surface area contributed by atoms with Crippen LogP contribution in [0, 0.1) is 10.1 Å². The third kappa shape index (κ3) is 3.47. The highest BCUT2D eigenvalue weighted by molar-refractivity contribution is 7.18. The predicted molar refractivity (Wildman–Crippen MR) is 77.1 cm³/mol. The quantitative estimate of drug-likeness (QED) is 0.549. The summed E-state index contributed by atoms with van der Waals surface area (Å²) in [4.78, 5) is 47.6. The van der Waals surface area contributed by atoms with Crippen molar-refractivity contribution in [3.05, 3.63) is 51.2 Å². The van der Waals surface area contributed by atoms with Gasteiger partial charge in [0.2, 0.25) is 0 Å². The fourth-order valence-corrected chi connectivity index (χ4v) is 2.25. The van der Waals surface area contributed by atoms with E-state index in [1.165, 1.54) is 0 Å². The minimum atomic E-state index is -1.48. The molecule has 1 aromatic heterocycles. The Balaban J connectivity index is 2.32. The minimum Gasteiger partial charge on any atom is -0.478 e. The second-order valence-electron chi connectivity index (χ2n) is 4.09. The van der Waals surface area contributed by atoms with E-state index in [1.807, 2.05) is 0 Å². The monoisotopic (exact) mass is 337 g/mol. The van der Waals surface area contributed by atoms with Crippen molar-refractivity contribution in [1.29, 1.82) is 0 Å². The zero-order valence-corrected chi connectivity index (χ0v) is 11.9. The average Bonchev–Trinajstić information content (AvgIpc) is 2.95. The number of amides is 1. The topological polar surface area (TPSA) is 160 Å². The van der Waals surface area contributed by atoms with Crippen molar-refractivity contribution in [2.75, 3.05) is 5.32 Å². The average molecular weight is 337 g/mol. The highest BCUT2D eigenvalue weighted by Crippen LogP contribution is 2.25. The third-order valence-corrected chi connectivity index (χ3v) is 3.50. The van der Waals surface area contributed by atoms with Gasteiger partial charge in [-0.3, -0.25) is 20.2 Å². The third-order valence-electron chi connectivity index (χ3n) is 2.64. The molecule has 0 saturated carbocycles. The molecule has 10 nitrogen and oxygen atoms in total. The van der Waals surface area contributed by atoms with Gasteiger partial charge in [-0.1, -0.05) is 0 Å². The molecule has 1 amide bonds. The lowest BCUT2D eigenvalue weighted by molar-refractivity contribution is -0.380. The molecular formula is C12H7N3O7S. The number of carbonyl (C=O) groups is 3. The minimum absolute atomic E-state index is 0.0830. The van der Waals surface area contributed by atoms with Crippen LogP contribution in [0.4, 0.5) is 10.1 Å². The fourth-order valence-electron chi connectivity index (χ4n) is 1.62. The molecule has 0 aliphatic carbocycles. The number of nitro groups is 1. The number of aromatic carboxylic acids is 2. The molecule has 0 unspecified atom stereocenters. The molecule has 11 heteroatoms. The lowest BCUT2D eigenvalue weighted by Gasteiger charge is -2.06. The summed E-state index contributed by atoms with van der Waals surface area (Å²) in [5, 5.41) is 30.3. The molecule has 0 spiro atoms. The first-order valence-electron chi connectivity index (χ1n) is 5.82. The molecule has 0 radical (unpaired) electrons. The van der Waals surface area contributed by atoms with Crippen LogP contribution in [-0.2, 0) is 0 Å². The van der Waals surface area contributed by atoms with Crippen molar-refractivity contribution < 1.29 is 29.5 Å². The molecule has 118 valence electrons. The zero-order chi connectivity index (χ0) is 17.1. The second kappa shape index (κ2) is 6.19. The van der Waals surface area contributed by atoms with Gasteiger partial charge in [-0.25, -0.2) is 14.6 Å². The van der Waals surface area contributed by atoms with Gasteiger partial charge in [0.25, 0.3) is 5.91 Å². The van der Waals surface area contributed by atoms with Crippen molar-refractivity contribution in [3.8, 4) is 0 Å². The number of nitrogens with zero attached hydrogens (tertiary/aromatic N) is 2. The molecule has 1 aromatic carbocycles. The van der Waals surface area contributed by atoms with Gasteiger partial charge in [0, 0.05) is 0 Å². The molecule has 0 fully saturated rings. The summed E-state index contributed by atoms with van der Waals surface area (Å²) >= 11 is 0.603. The first kappa shape index (κ1) is 16.0. The highest BCUT2D eigenvalue weighted by Gasteiger charge is 2.21. The lowest BCUT2D eigenvalue weighted by Crippen LogP contribution is -2.17. The molecule has 0 atom stereocenters. The number of hydrogen-bond acceptors (Lipinski definition) is 7. The maximum absolute atomic E-state index is 12.1. The van der Waals surface area contributed by atoms with Crippen molar-refractivity contribution in [2.45, 2.75) is 0 Å². The SMILES string of the molecule is O=C(O)c1ccc(C(=O)Nc2ncc([N+](=O)[O-])s2)c(C(=O)O)c1. The van der Waals surface area contributed by atoms with Crippen LogP contribution in [0.25, 0.3) is 0 Å². The molecule has 0 saturated heterocycles. The summed E-state index contributed by atoms with van der Waals surface area (Å²) in [6.45, 7) is 0. The Morgan fingerprint density at radius 1 is 1.17 bits per heavy atom. The largest absolute Gasteiger partial charge is 0.478 e. The van der Waals surface area contributed by atoms with Crippen molar-refractivity contribution in [3.63, 3.8) is 0 Å². The van der Waals surface area contributed by atoms with E-state index in [0.717, 1.165) is 24.4 Å². The number of hydrogen-bond donors (Lipinski definition) is 3. The second-order valence-corrected chi connectivity index (χ2v) is 5.09. The number of carboxylic acids is 2. The Labute approximate surface area is 131 Å². The van der Waals surface area contributed by atoms with E-state index in [-0.39, 0.29) is 21.3 Å². The smallest absolute Gasteiger partial charge is 0.345 e. The first-order valence-corrected chi connectivity index (χ1v) is 6.63. The van der Waals surface area contributed by atoms with Crippen molar-refractivity contribution >= 4 is 39.3 Å². The normalized spacial score (nSPS) is 10.1. The number of nitrogens with one attached hydrogen (secondary N) is 1. The Hall–Kier alpha value is -3.34. The summed E-state index contributed by atoms with van der Waals surface area (Å²) in [5.41, 5.74) is -1.09. The molecule has 23 heavy (non-hydrogen) atoms. The Bertz CT molecular complexity index is 830. The van der Waals surface area contributed by atoms with Crippen LogP contribution in [0.15, 0.2) is 24.4 Å². The summed E-state index contributed by atoms with van der Waals surface area (Å²) in [6.07, 6.45) is 0.950. The molecular weight excluding hydrogens is 330 g/mol. The van der Waals surface area contributed by atoms with E-state index in [2.05, 4.69) is 10.3 Å². The van der Waals surface area contributed by atoms with Crippen LogP contribution in [0.3, 0.4) is 0 Å².